The number of nitrogens with zero attached hydrogens (tertiary/aromatic N) is 4. The molecular formula is C26H16N4O2. The van der Waals surface area contributed by atoms with Crippen molar-refractivity contribution in [3.8, 4) is 11.5 Å². The fraction of sp³-hybridized carbons (Fsp3) is 0. The van der Waals surface area contributed by atoms with Crippen LogP contribution in [0.4, 0.5) is 0 Å². The van der Waals surface area contributed by atoms with E-state index in [9.17, 15) is 10.2 Å². The van der Waals surface area contributed by atoms with Crippen LogP contribution in [0.2, 0.25) is 0 Å². The Hall–Kier alpha value is -4.58. The lowest BCUT2D eigenvalue weighted by molar-refractivity contribution is 0.450. The Morgan fingerprint density at radius 1 is 0.469 bits per heavy atom. The van der Waals surface area contributed by atoms with Crippen LogP contribution in [0.15, 0.2) is 128 Å². The number of benzene rings is 1. The molecule has 0 radical (unpaired) electrons. The number of phenolic OH excluding ortho intramolecular Hbond substituents is 2. The molecule has 5 aliphatic rings. The van der Waals surface area contributed by atoms with Crippen LogP contribution in [0.5, 0.6) is 11.5 Å². The van der Waals surface area contributed by atoms with Crippen molar-refractivity contribution in [2.24, 2.45) is 20.0 Å². The van der Waals surface area contributed by atoms with Crippen molar-refractivity contribution in [1.29, 1.82) is 0 Å². The van der Waals surface area contributed by atoms with Crippen LogP contribution in [-0.4, -0.2) is 33.1 Å². The molecule has 0 amide bonds. The maximum atomic E-state index is 9.98. The van der Waals surface area contributed by atoms with Crippen molar-refractivity contribution in [3.05, 3.63) is 113 Å². The molecule has 6 heteroatoms. The van der Waals surface area contributed by atoms with E-state index in [1.54, 1.807) is 12.1 Å². The van der Waals surface area contributed by atoms with Gasteiger partial charge < -0.3 is 10.2 Å². The fourth-order valence-corrected chi connectivity index (χ4v) is 3.88. The van der Waals surface area contributed by atoms with E-state index in [1.807, 2.05) is 66.8 Å². The summed E-state index contributed by atoms with van der Waals surface area (Å²) in [4.78, 5) is 18.7. The van der Waals surface area contributed by atoms with Crippen molar-refractivity contribution >= 4 is 28.4 Å². The molecule has 32 heavy (non-hydrogen) atoms. The Labute approximate surface area is 183 Å². The normalized spacial score (nSPS) is 20.2. The van der Waals surface area contributed by atoms with E-state index in [0.29, 0.717) is 11.3 Å². The van der Waals surface area contributed by atoms with E-state index >= 15 is 0 Å². The number of aromatic hydroxyl groups is 2. The lowest BCUT2D eigenvalue weighted by Crippen LogP contribution is -1.91. The minimum absolute atomic E-state index is 0.0151. The summed E-state index contributed by atoms with van der Waals surface area (Å²) in [5.74, 6) is -0.0303. The van der Waals surface area contributed by atoms with Gasteiger partial charge in [-0.3, -0.25) is 0 Å². The van der Waals surface area contributed by atoms with Crippen LogP contribution < -0.4 is 0 Å². The fourth-order valence-electron chi connectivity index (χ4n) is 3.88. The molecule has 8 bridgehead atoms. The third kappa shape index (κ3) is 3.44. The molecule has 0 unspecified atom stereocenters. The van der Waals surface area contributed by atoms with Gasteiger partial charge in [0.2, 0.25) is 0 Å². The first-order valence-corrected chi connectivity index (χ1v) is 10.1. The minimum Gasteiger partial charge on any atom is -0.508 e. The van der Waals surface area contributed by atoms with Crippen LogP contribution >= 0.6 is 0 Å². The summed E-state index contributed by atoms with van der Waals surface area (Å²) < 4.78 is 0. The van der Waals surface area contributed by atoms with E-state index in [4.69, 9.17) is 4.99 Å². The van der Waals surface area contributed by atoms with Crippen molar-refractivity contribution < 1.29 is 10.2 Å². The molecule has 0 aliphatic carbocycles. The summed E-state index contributed by atoms with van der Waals surface area (Å²) in [6.07, 6.45) is 21.2. The van der Waals surface area contributed by atoms with Gasteiger partial charge in [0.15, 0.2) is 0 Å². The SMILES string of the molecule is Oc1cc(O)cc(C2=CC3=NC2=CC2=NC(=CC4=NC(=CC5=NC(=C3)C=C5)C=C4)C=C2)c1. The van der Waals surface area contributed by atoms with Crippen LogP contribution in [0.25, 0.3) is 5.57 Å². The third-order valence-corrected chi connectivity index (χ3v) is 5.25. The van der Waals surface area contributed by atoms with Crippen molar-refractivity contribution in [1.82, 2.24) is 0 Å². The second-order valence-corrected chi connectivity index (χ2v) is 7.68. The average molecular weight is 416 g/mol. The molecule has 2 N–H and O–H groups in total. The second kappa shape index (κ2) is 6.99. The minimum atomic E-state index is -0.0151. The van der Waals surface area contributed by atoms with Crippen LogP contribution in [-0.2, 0) is 0 Å². The summed E-state index contributed by atoms with van der Waals surface area (Å²) >= 11 is 0. The molecule has 6 rings (SSSR count). The number of aliphatic imine (C=N–C) groups is 4. The first-order valence-electron chi connectivity index (χ1n) is 10.1. The predicted octanol–water partition coefficient (Wildman–Crippen LogP) is 4.52. The lowest BCUT2D eigenvalue weighted by Gasteiger charge is -2.06. The van der Waals surface area contributed by atoms with Gasteiger partial charge in [0.25, 0.3) is 0 Å². The lowest BCUT2D eigenvalue weighted by atomic mass is 10.0. The molecule has 1 aromatic carbocycles. The first kappa shape index (κ1) is 18.2. The van der Waals surface area contributed by atoms with Gasteiger partial charge >= 0.3 is 0 Å². The van der Waals surface area contributed by atoms with E-state index in [2.05, 4.69) is 15.0 Å². The van der Waals surface area contributed by atoms with Gasteiger partial charge in [-0.15, -0.1) is 0 Å². The molecule has 0 aromatic heterocycles. The quantitative estimate of drug-likeness (QED) is 0.705. The third-order valence-electron chi connectivity index (χ3n) is 5.25. The summed E-state index contributed by atoms with van der Waals surface area (Å²) in [6, 6.07) is 4.50. The zero-order valence-corrected chi connectivity index (χ0v) is 16.8. The molecule has 0 saturated heterocycles. The van der Waals surface area contributed by atoms with Gasteiger partial charge in [-0.25, -0.2) is 20.0 Å². The Balaban J connectivity index is 1.51. The summed E-state index contributed by atoms with van der Waals surface area (Å²) in [6.45, 7) is 0. The van der Waals surface area contributed by atoms with E-state index in [1.165, 1.54) is 6.07 Å². The average Bonchev–Trinajstić information content (AvgIpc) is 3.52. The number of phenols is 2. The van der Waals surface area contributed by atoms with Gasteiger partial charge in [0.1, 0.15) is 11.5 Å². The van der Waals surface area contributed by atoms with Gasteiger partial charge in [0.05, 0.1) is 45.6 Å². The first-order chi connectivity index (χ1) is 15.6. The van der Waals surface area contributed by atoms with Crippen molar-refractivity contribution in [2.45, 2.75) is 0 Å². The Morgan fingerprint density at radius 3 is 1.53 bits per heavy atom. The highest BCUT2D eigenvalue weighted by Gasteiger charge is 2.19. The number of hydrogen-bond acceptors (Lipinski definition) is 6. The Bertz CT molecular complexity index is 1440. The second-order valence-electron chi connectivity index (χ2n) is 7.68. The predicted molar refractivity (Wildman–Crippen MR) is 127 cm³/mol. The van der Waals surface area contributed by atoms with E-state index in [0.717, 1.165) is 45.5 Å². The van der Waals surface area contributed by atoms with E-state index in [-0.39, 0.29) is 11.5 Å². The number of rotatable bonds is 1. The molecule has 5 aliphatic heterocycles. The maximum Gasteiger partial charge on any atom is 0.119 e. The smallest absolute Gasteiger partial charge is 0.119 e. The maximum absolute atomic E-state index is 9.98. The van der Waals surface area contributed by atoms with Crippen LogP contribution in [0, 0.1) is 0 Å². The standard InChI is InChI=1S/C26H16N4O2/c31-23-7-15(8-24(32)14-23)25-12-22-11-20-4-3-18(28-20)9-16-1-2-17(27-16)10-19-5-6-21(29-19)13-26(25)30-22/h1-14,31-32H. The molecule has 152 valence electrons. The zero-order valence-electron chi connectivity index (χ0n) is 16.8. The Morgan fingerprint density at radius 2 is 0.969 bits per heavy atom. The molecule has 5 heterocycles. The molecule has 0 spiro atoms. The topological polar surface area (TPSA) is 89.9 Å². The van der Waals surface area contributed by atoms with Gasteiger partial charge in [-0.1, -0.05) is 0 Å². The zero-order chi connectivity index (χ0) is 21.7. The van der Waals surface area contributed by atoms with Crippen molar-refractivity contribution in [3.63, 3.8) is 0 Å². The van der Waals surface area contributed by atoms with Gasteiger partial charge in [-0.05, 0) is 84.5 Å². The summed E-state index contributed by atoms with van der Waals surface area (Å²) in [5, 5.41) is 20.0. The molecule has 0 atom stereocenters. The number of hydrogen-bond donors (Lipinski definition) is 2. The highest BCUT2D eigenvalue weighted by Crippen LogP contribution is 2.34. The van der Waals surface area contributed by atoms with Crippen LogP contribution in [0.3, 0.4) is 0 Å². The summed E-state index contributed by atoms with van der Waals surface area (Å²) in [7, 11) is 0. The number of allylic oxidation sites excluding steroid dienone is 12. The molecule has 1 aromatic rings. The molecule has 6 nitrogen and oxygen atoms in total. The Kier molecular flexibility index (Phi) is 3.98. The summed E-state index contributed by atoms with van der Waals surface area (Å²) in [5.41, 5.74) is 7.67. The monoisotopic (exact) mass is 416 g/mol. The van der Waals surface area contributed by atoms with Crippen molar-refractivity contribution in [2.75, 3.05) is 0 Å². The van der Waals surface area contributed by atoms with Crippen LogP contribution in [0.1, 0.15) is 5.56 Å². The number of fused-ring (bicyclic) bond motifs is 4. The largest absolute Gasteiger partial charge is 0.508 e. The molecule has 0 fully saturated rings. The molecular weight excluding hydrogens is 400 g/mol. The molecule has 0 saturated carbocycles. The van der Waals surface area contributed by atoms with Gasteiger partial charge in [0, 0.05) is 11.6 Å². The van der Waals surface area contributed by atoms with Gasteiger partial charge in [-0.2, -0.15) is 0 Å². The van der Waals surface area contributed by atoms with E-state index < -0.39 is 0 Å². The highest BCUT2D eigenvalue weighted by atomic mass is 16.3. The highest BCUT2D eigenvalue weighted by molar-refractivity contribution is 6.19.